The van der Waals surface area contributed by atoms with Gasteiger partial charge in [-0.15, -0.1) is 0 Å². The first-order valence-corrected chi connectivity index (χ1v) is 5.49. The van der Waals surface area contributed by atoms with E-state index in [4.69, 9.17) is 14.6 Å². The molecule has 0 radical (unpaired) electrons. The molecule has 2 atom stereocenters. The largest absolute Gasteiger partial charge is 0.396 e. The van der Waals surface area contributed by atoms with Crippen LogP contribution in [0.15, 0.2) is 0 Å². The predicted molar refractivity (Wildman–Crippen MR) is 58.1 cm³/mol. The van der Waals surface area contributed by atoms with Gasteiger partial charge in [-0.3, -0.25) is 4.79 Å². The lowest BCUT2D eigenvalue weighted by molar-refractivity contribution is -0.127. The van der Waals surface area contributed by atoms with Gasteiger partial charge in [-0.2, -0.15) is 0 Å². The lowest BCUT2D eigenvalue weighted by Gasteiger charge is -2.25. The molecule has 0 aromatic carbocycles. The third-order valence-corrected chi connectivity index (χ3v) is 2.43. The molecule has 6 nitrogen and oxygen atoms in total. The van der Waals surface area contributed by atoms with Crippen molar-refractivity contribution < 1.29 is 19.4 Å². The van der Waals surface area contributed by atoms with Gasteiger partial charge in [0, 0.05) is 20.3 Å². The van der Waals surface area contributed by atoms with E-state index in [0.29, 0.717) is 32.8 Å². The third kappa shape index (κ3) is 4.44. The number of hydrogen-bond acceptors (Lipinski definition) is 5. The maximum Gasteiger partial charge on any atom is 0.239 e. The zero-order chi connectivity index (χ0) is 11.8. The lowest BCUT2D eigenvalue weighted by Crippen LogP contribution is -2.54. The molecule has 0 spiro atoms. The molecule has 0 aromatic rings. The summed E-state index contributed by atoms with van der Waals surface area (Å²) in [5.74, 6) is -0.102. The monoisotopic (exact) mass is 232 g/mol. The summed E-state index contributed by atoms with van der Waals surface area (Å²) in [5.41, 5.74) is 0. The number of nitrogens with one attached hydrogen (secondary N) is 2. The first-order valence-electron chi connectivity index (χ1n) is 5.49. The van der Waals surface area contributed by atoms with Crippen LogP contribution in [0.1, 0.15) is 6.42 Å². The summed E-state index contributed by atoms with van der Waals surface area (Å²) in [5, 5.41) is 14.7. The standard InChI is InChI=1S/C10H20N2O4/c1-15-6-8(2-4-13)12-10(14)9-7-16-5-3-11-9/h8-9,11,13H,2-7H2,1H3,(H,12,14). The highest BCUT2D eigenvalue weighted by molar-refractivity contribution is 5.82. The van der Waals surface area contributed by atoms with Gasteiger partial charge in [0.1, 0.15) is 6.04 Å². The lowest BCUT2D eigenvalue weighted by atomic mass is 10.2. The summed E-state index contributed by atoms with van der Waals surface area (Å²) >= 11 is 0. The Morgan fingerprint density at radius 1 is 1.75 bits per heavy atom. The van der Waals surface area contributed by atoms with Crippen molar-refractivity contribution >= 4 is 5.91 Å². The molecule has 16 heavy (non-hydrogen) atoms. The van der Waals surface area contributed by atoms with Crippen molar-refractivity contribution in [1.29, 1.82) is 0 Å². The normalized spacial score (nSPS) is 22.8. The van der Waals surface area contributed by atoms with Crippen LogP contribution < -0.4 is 10.6 Å². The molecule has 1 aliphatic heterocycles. The van der Waals surface area contributed by atoms with Crippen LogP contribution in [0, 0.1) is 0 Å². The van der Waals surface area contributed by atoms with E-state index in [1.54, 1.807) is 7.11 Å². The summed E-state index contributed by atoms with van der Waals surface area (Å²) in [6, 6.07) is -0.446. The van der Waals surface area contributed by atoms with Gasteiger partial charge in [-0.1, -0.05) is 0 Å². The van der Waals surface area contributed by atoms with Gasteiger partial charge in [0.05, 0.1) is 25.9 Å². The van der Waals surface area contributed by atoms with E-state index in [9.17, 15) is 4.79 Å². The highest BCUT2D eigenvalue weighted by Gasteiger charge is 2.23. The predicted octanol–water partition coefficient (Wildman–Crippen LogP) is -1.51. The fourth-order valence-corrected chi connectivity index (χ4v) is 1.59. The van der Waals surface area contributed by atoms with Gasteiger partial charge in [-0.25, -0.2) is 0 Å². The Labute approximate surface area is 95.3 Å². The van der Waals surface area contributed by atoms with Gasteiger partial charge < -0.3 is 25.2 Å². The average molecular weight is 232 g/mol. The van der Waals surface area contributed by atoms with Gasteiger partial charge in [-0.05, 0) is 6.42 Å². The molecule has 0 bridgehead atoms. The second-order valence-corrected chi connectivity index (χ2v) is 3.75. The van der Waals surface area contributed by atoms with Crippen molar-refractivity contribution in [3.8, 4) is 0 Å². The minimum atomic E-state index is -0.299. The maximum atomic E-state index is 11.8. The van der Waals surface area contributed by atoms with Crippen LogP contribution in [0.4, 0.5) is 0 Å². The van der Waals surface area contributed by atoms with E-state index >= 15 is 0 Å². The first kappa shape index (κ1) is 13.4. The molecule has 1 rings (SSSR count). The number of morpholine rings is 1. The zero-order valence-corrected chi connectivity index (χ0v) is 9.57. The average Bonchev–Trinajstić information content (AvgIpc) is 2.31. The molecule has 0 aromatic heterocycles. The topological polar surface area (TPSA) is 79.8 Å². The third-order valence-electron chi connectivity index (χ3n) is 2.43. The van der Waals surface area contributed by atoms with E-state index in [1.807, 2.05) is 0 Å². The Kier molecular flexibility index (Phi) is 6.32. The van der Waals surface area contributed by atoms with Gasteiger partial charge >= 0.3 is 0 Å². The minimum absolute atomic E-state index is 0.0307. The van der Waals surface area contributed by atoms with Gasteiger partial charge in [0.15, 0.2) is 0 Å². The van der Waals surface area contributed by atoms with Crippen LogP contribution in [-0.2, 0) is 14.3 Å². The van der Waals surface area contributed by atoms with Crippen molar-refractivity contribution in [3.63, 3.8) is 0 Å². The molecule has 2 unspecified atom stereocenters. The molecule has 6 heteroatoms. The van der Waals surface area contributed by atoms with Crippen LogP contribution in [0.25, 0.3) is 0 Å². The van der Waals surface area contributed by atoms with Crippen molar-refractivity contribution in [3.05, 3.63) is 0 Å². The minimum Gasteiger partial charge on any atom is -0.396 e. The van der Waals surface area contributed by atoms with Crippen LogP contribution >= 0.6 is 0 Å². The molecule has 3 N–H and O–H groups in total. The fourth-order valence-electron chi connectivity index (χ4n) is 1.59. The molecule has 94 valence electrons. The quantitative estimate of drug-likeness (QED) is 0.519. The number of aliphatic hydroxyl groups excluding tert-OH is 1. The van der Waals surface area contributed by atoms with E-state index in [2.05, 4.69) is 10.6 Å². The molecule has 1 amide bonds. The Bertz CT molecular complexity index is 201. The summed E-state index contributed by atoms with van der Waals surface area (Å²) in [4.78, 5) is 11.8. The van der Waals surface area contributed by atoms with Gasteiger partial charge in [0.25, 0.3) is 0 Å². The molecule has 0 aliphatic carbocycles. The second kappa shape index (κ2) is 7.56. The Hall–Kier alpha value is -0.690. The number of aliphatic hydroxyl groups is 1. The van der Waals surface area contributed by atoms with Crippen molar-refractivity contribution in [2.75, 3.05) is 40.1 Å². The molecular weight excluding hydrogens is 212 g/mol. The second-order valence-electron chi connectivity index (χ2n) is 3.75. The van der Waals surface area contributed by atoms with Crippen LogP contribution in [-0.4, -0.2) is 63.2 Å². The SMILES string of the molecule is COCC(CCO)NC(=O)C1COCCN1. The smallest absolute Gasteiger partial charge is 0.239 e. The summed E-state index contributed by atoms with van der Waals surface area (Å²) in [7, 11) is 1.57. The van der Waals surface area contributed by atoms with Crippen molar-refractivity contribution in [1.82, 2.24) is 10.6 Å². The number of ether oxygens (including phenoxy) is 2. The van der Waals surface area contributed by atoms with E-state index < -0.39 is 0 Å². The Morgan fingerprint density at radius 2 is 2.56 bits per heavy atom. The fraction of sp³-hybridized carbons (Fsp3) is 0.900. The van der Waals surface area contributed by atoms with E-state index in [1.165, 1.54) is 0 Å². The molecule has 1 heterocycles. The summed E-state index contributed by atoms with van der Waals surface area (Å²) in [6.45, 7) is 2.16. The highest BCUT2D eigenvalue weighted by Crippen LogP contribution is 1.97. The summed E-state index contributed by atoms with van der Waals surface area (Å²) in [6.07, 6.45) is 0.493. The number of rotatable bonds is 6. The summed E-state index contributed by atoms with van der Waals surface area (Å²) < 4.78 is 10.2. The number of amides is 1. The Morgan fingerprint density at radius 3 is 3.12 bits per heavy atom. The molecule has 1 aliphatic rings. The van der Waals surface area contributed by atoms with Gasteiger partial charge in [0.2, 0.25) is 5.91 Å². The zero-order valence-electron chi connectivity index (χ0n) is 9.57. The Balaban J connectivity index is 2.33. The number of hydrogen-bond donors (Lipinski definition) is 3. The van der Waals surface area contributed by atoms with Crippen LogP contribution in [0.2, 0.25) is 0 Å². The van der Waals surface area contributed by atoms with E-state index in [0.717, 1.165) is 0 Å². The highest BCUT2D eigenvalue weighted by atomic mass is 16.5. The number of carbonyl (C=O) groups is 1. The molecular formula is C10H20N2O4. The van der Waals surface area contributed by atoms with E-state index in [-0.39, 0.29) is 24.6 Å². The van der Waals surface area contributed by atoms with Crippen LogP contribution in [0.3, 0.4) is 0 Å². The molecule has 1 fully saturated rings. The van der Waals surface area contributed by atoms with Crippen LogP contribution in [0.5, 0.6) is 0 Å². The van der Waals surface area contributed by atoms with Crippen molar-refractivity contribution in [2.24, 2.45) is 0 Å². The number of carbonyl (C=O) groups excluding carboxylic acids is 1. The number of methoxy groups -OCH3 is 1. The van der Waals surface area contributed by atoms with Crippen molar-refractivity contribution in [2.45, 2.75) is 18.5 Å². The molecule has 1 saturated heterocycles. The maximum absolute atomic E-state index is 11.8. The first-order chi connectivity index (χ1) is 7.77. The molecule has 0 saturated carbocycles.